The lowest BCUT2D eigenvalue weighted by molar-refractivity contribution is -0.139. The second kappa shape index (κ2) is 4.51. The Labute approximate surface area is 102 Å². The maximum atomic E-state index is 12.6. The lowest BCUT2D eigenvalue weighted by atomic mass is 9.90. The lowest BCUT2D eigenvalue weighted by Gasteiger charge is -2.25. The summed E-state index contributed by atoms with van der Waals surface area (Å²) < 4.78 is 37.7. The third-order valence-corrected chi connectivity index (χ3v) is 2.99. The van der Waals surface area contributed by atoms with Crippen LogP contribution in [0.5, 0.6) is 0 Å². The zero-order valence-corrected chi connectivity index (χ0v) is 9.42. The Balaban J connectivity index is 2.22. The van der Waals surface area contributed by atoms with Crippen molar-refractivity contribution < 1.29 is 23.1 Å². The molecule has 0 aromatic heterocycles. The van der Waals surface area contributed by atoms with Gasteiger partial charge in [0.1, 0.15) is 0 Å². The number of benzene rings is 1. The Morgan fingerprint density at radius 3 is 2.78 bits per heavy atom. The molecule has 1 aromatic carbocycles. The summed E-state index contributed by atoms with van der Waals surface area (Å²) in [7, 11) is 0. The van der Waals surface area contributed by atoms with Gasteiger partial charge in [-0.1, -0.05) is 0 Å². The quantitative estimate of drug-likeness (QED) is 0.858. The average molecular weight is 259 g/mol. The molecule has 1 atom stereocenters. The summed E-state index contributed by atoms with van der Waals surface area (Å²) in [6, 6.07) is 3.52. The predicted molar refractivity (Wildman–Crippen MR) is 59.4 cm³/mol. The first-order valence-corrected chi connectivity index (χ1v) is 5.52. The fourth-order valence-electron chi connectivity index (χ4n) is 2.14. The molecule has 1 heterocycles. The molecule has 1 aliphatic heterocycles. The second-order valence-corrected chi connectivity index (χ2v) is 4.42. The maximum absolute atomic E-state index is 12.6. The number of carboxylic acids is 1. The molecule has 2 rings (SSSR count). The van der Waals surface area contributed by atoms with Crippen LogP contribution < -0.4 is 5.32 Å². The molecule has 2 N–H and O–H groups in total. The van der Waals surface area contributed by atoms with Gasteiger partial charge in [-0.05, 0) is 36.1 Å². The minimum atomic E-state index is -4.37. The predicted octanol–water partition coefficient (Wildman–Crippen LogP) is 2.76. The van der Waals surface area contributed by atoms with Crippen molar-refractivity contribution in [2.45, 2.75) is 19.0 Å². The molecule has 0 aliphatic carbocycles. The monoisotopic (exact) mass is 259 g/mol. The highest BCUT2D eigenvalue weighted by molar-refractivity contribution is 5.67. The van der Waals surface area contributed by atoms with Crippen LogP contribution in [0, 0.1) is 5.92 Å². The van der Waals surface area contributed by atoms with Crippen LogP contribution in [-0.2, 0) is 17.4 Å². The van der Waals surface area contributed by atoms with Crippen LogP contribution in [0.2, 0.25) is 0 Å². The number of anilines is 1. The summed E-state index contributed by atoms with van der Waals surface area (Å²) in [4.78, 5) is 10.6. The van der Waals surface area contributed by atoms with Crippen molar-refractivity contribution in [1.29, 1.82) is 0 Å². The normalized spacial score (nSPS) is 18.9. The van der Waals surface area contributed by atoms with E-state index in [1.807, 2.05) is 0 Å². The lowest BCUT2D eigenvalue weighted by Crippen LogP contribution is -2.25. The van der Waals surface area contributed by atoms with Crippen LogP contribution in [0.3, 0.4) is 0 Å². The summed E-state index contributed by atoms with van der Waals surface area (Å²) in [6.45, 7) is 0.477. The van der Waals surface area contributed by atoms with E-state index >= 15 is 0 Å². The Bertz CT molecular complexity index is 471. The zero-order chi connectivity index (χ0) is 13.3. The van der Waals surface area contributed by atoms with E-state index in [1.54, 1.807) is 0 Å². The average Bonchev–Trinajstić information content (AvgIpc) is 2.26. The molecule has 1 aromatic rings. The number of fused-ring (bicyclic) bond motifs is 1. The number of nitrogens with one attached hydrogen (secondary N) is 1. The molecular formula is C12H12F3NO2. The summed E-state index contributed by atoms with van der Waals surface area (Å²) in [6.07, 6.45) is -4.05. The van der Waals surface area contributed by atoms with Gasteiger partial charge < -0.3 is 10.4 Å². The van der Waals surface area contributed by atoms with Crippen LogP contribution in [0.15, 0.2) is 18.2 Å². The van der Waals surface area contributed by atoms with E-state index in [0.717, 1.165) is 12.1 Å². The highest BCUT2D eigenvalue weighted by atomic mass is 19.4. The Hall–Kier alpha value is -1.72. The Morgan fingerprint density at radius 1 is 1.44 bits per heavy atom. The van der Waals surface area contributed by atoms with Gasteiger partial charge in [0.2, 0.25) is 0 Å². The SMILES string of the molecule is O=C(O)CC1CNc2ccc(C(F)(F)F)cc2C1. The number of hydrogen-bond acceptors (Lipinski definition) is 2. The Kier molecular flexibility index (Phi) is 3.19. The van der Waals surface area contributed by atoms with Crippen LogP contribution in [-0.4, -0.2) is 17.6 Å². The van der Waals surface area contributed by atoms with E-state index in [-0.39, 0.29) is 12.3 Å². The van der Waals surface area contributed by atoms with Crippen LogP contribution in [0.1, 0.15) is 17.5 Å². The van der Waals surface area contributed by atoms with Crippen molar-refractivity contribution in [3.05, 3.63) is 29.3 Å². The number of rotatable bonds is 2. The van der Waals surface area contributed by atoms with E-state index in [1.165, 1.54) is 6.07 Å². The van der Waals surface area contributed by atoms with Crippen LogP contribution in [0.25, 0.3) is 0 Å². The van der Waals surface area contributed by atoms with Gasteiger partial charge in [-0.25, -0.2) is 0 Å². The van der Waals surface area contributed by atoms with Gasteiger partial charge >= 0.3 is 12.1 Å². The van der Waals surface area contributed by atoms with Crippen molar-refractivity contribution in [1.82, 2.24) is 0 Å². The molecule has 1 aliphatic rings. The van der Waals surface area contributed by atoms with Crippen molar-refractivity contribution in [2.24, 2.45) is 5.92 Å². The summed E-state index contributed by atoms with van der Waals surface area (Å²) >= 11 is 0. The van der Waals surface area contributed by atoms with Gasteiger partial charge in [-0.2, -0.15) is 13.2 Å². The molecular weight excluding hydrogens is 247 g/mol. The summed E-state index contributed by atoms with van der Waals surface area (Å²) in [5.74, 6) is -1.10. The summed E-state index contributed by atoms with van der Waals surface area (Å²) in [5, 5.41) is 11.7. The molecule has 0 saturated heterocycles. The van der Waals surface area contributed by atoms with Crippen molar-refractivity contribution in [3.8, 4) is 0 Å². The van der Waals surface area contributed by atoms with Crippen molar-refractivity contribution in [3.63, 3.8) is 0 Å². The molecule has 6 heteroatoms. The zero-order valence-electron chi connectivity index (χ0n) is 9.42. The number of aliphatic carboxylic acids is 1. The fraction of sp³-hybridized carbons (Fsp3) is 0.417. The van der Waals surface area contributed by atoms with Crippen LogP contribution in [0.4, 0.5) is 18.9 Å². The van der Waals surface area contributed by atoms with Gasteiger partial charge in [0.05, 0.1) is 12.0 Å². The van der Waals surface area contributed by atoms with E-state index in [0.29, 0.717) is 24.2 Å². The summed E-state index contributed by atoms with van der Waals surface area (Å²) in [5.41, 5.74) is 0.492. The molecule has 3 nitrogen and oxygen atoms in total. The first-order valence-electron chi connectivity index (χ1n) is 5.52. The van der Waals surface area contributed by atoms with Gasteiger partial charge in [-0.3, -0.25) is 4.79 Å². The second-order valence-electron chi connectivity index (χ2n) is 4.42. The first-order chi connectivity index (χ1) is 8.36. The third kappa shape index (κ3) is 2.75. The number of carboxylic acid groups (broad SMARTS) is 1. The number of hydrogen-bond donors (Lipinski definition) is 2. The molecule has 0 fully saturated rings. The van der Waals surface area contributed by atoms with Gasteiger partial charge in [0.25, 0.3) is 0 Å². The number of alkyl halides is 3. The number of halogens is 3. The number of carbonyl (C=O) groups is 1. The molecule has 0 saturated carbocycles. The topological polar surface area (TPSA) is 49.3 Å². The highest BCUT2D eigenvalue weighted by Crippen LogP contribution is 2.34. The first kappa shape index (κ1) is 12.7. The molecule has 0 radical (unpaired) electrons. The maximum Gasteiger partial charge on any atom is 0.416 e. The van der Waals surface area contributed by atoms with E-state index < -0.39 is 17.7 Å². The molecule has 0 amide bonds. The minimum absolute atomic E-state index is 0.0390. The van der Waals surface area contributed by atoms with E-state index in [2.05, 4.69) is 5.32 Å². The van der Waals surface area contributed by atoms with Crippen molar-refractivity contribution in [2.75, 3.05) is 11.9 Å². The molecule has 0 bridgehead atoms. The van der Waals surface area contributed by atoms with Gasteiger partial charge in [0, 0.05) is 12.2 Å². The van der Waals surface area contributed by atoms with E-state index in [9.17, 15) is 18.0 Å². The van der Waals surface area contributed by atoms with Gasteiger partial charge in [0.15, 0.2) is 0 Å². The van der Waals surface area contributed by atoms with Crippen molar-refractivity contribution >= 4 is 11.7 Å². The molecule has 1 unspecified atom stereocenters. The highest BCUT2D eigenvalue weighted by Gasteiger charge is 2.32. The minimum Gasteiger partial charge on any atom is -0.481 e. The van der Waals surface area contributed by atoms with Gasteiger partial charge in [-0.15, -0.1) is 0 Å². The molecule has 98 valence electrons. The van der Waals surface area contributed by atoms with E-state index in [4.69, 9.17) is 5.11 Å². The van der Waals surface area contributed by atoms with Crippen LogP contribution >= 0.6 is 0 Å². The largest absolute Gasteiger partial charge is 0.481 e. The Morgan fingerprint density at radius 2 is 2.17 bits per heavy atom. The molecule has 18 heavy (non-hydrogen) atoms. The smallest absolute Gasteiger partial charge is 0.416 e. The molecule has 0 spiro atoms. The standard InChI is InChI=1S/C12H12F3NO2/c13-12(14,15)9-1-2-10-8(5-9)3-7(6-16-10)4-11(17)18/h1-2,5,7,16H,3-4,6H2,(H,17,18). The fourth-order valence-corrected chi connectivity index (χ4v) is 2.14. The third-order valence-electron chi connectivity index (χ3n) is 2.99.